The van der Waals surface area contributed by atoms with Crippen molar-refractivity contribution in [3.05, 3.63) is 402 Å². The summed E-state index contributed by atoms with van der Waals surface area (Å²) in [5.41, 5.74) is 37.3. The maximum absolute atomic E-state index is 13.4. The summed E-state index contributed by atoms with van der Waals surface area (Å²) in [6.07, 6.45) is 6.39. The zero-order chi connectivity index (χ0) is 77.6. The van der Waals surface area contributed by atoms with Crippen molar-refractivity contribution < 1.29 is 36.7 Å². The van der Waals surface area contributed by atoms with E-state index in [0.29, 0.717) is 18.2 Å². The monoisotopic (exact) mass is 1470 g/mol. The number of rotatable bonds is 14. The van der Waals surface area contributed by atoms with E-state index in [1.807, 2.05) is 24.3 Å². The summed E-state index contributed by atoms with van der Waals surface area (Å²) in [7, 11) is 0. The highest BCUT2D eigenvalue weighted by Gasteiger charge is 2.27. The lowest BCUT2D eigenvalue weighted by Crippen LogP contribution is -2.00. The molecule has 0 aliphatic carbocycles. The van der Waals surface area contributed by atoms with Gasteiger partial charge in [-0.1, -0.05) is 188 Å². The molecule has 4 aliphatic rings. The largest absolute Gasteiger partial charge is 0.384 e. The summed E-state index contributed by atoms with van der Waals surface area (Å²) in [6, 6.07) is 84.9. The molecule has 16 rings (SSSR count). The molecule has 6 heterocycles. The van der Waals surface area contributed by atoms with Crippen molar-refractivity contribution in [3.63, 3.8) is 0 Å². The van der Waals surface area contributed by atoms with Crippen LogP contribution in [0.3, 0.4) is 0 Å². The highest BCUT2D eigenvalue weighted by molar-refractivity contribution is 7.08. The Bertz CT molecular complexity index is 5500. The number of aryl methyl sites for hydroxylation is 4. The first-order valence-corrected chi connectivity index (χ1v) is 36.7. The Hall–Kier alpha value is -13.0. The van der Waals surface area contributed by atoms with E-state index in [2.05, 4.69) is 197 Å². The van der Waals surface area contributed by atoms with Gasteiger partial charge in [-0.05, 0) is 238 Å². The highest BCUT2D eigenvalue weighted by atomic mass is 32.1. The predicted octanol–water partition coefficient (Wildman–Crippen LogP) is 22.7. The highest BCUT2D eigenvalue weighted by Crippen LogP contribution is 2.42. The minimum absolute atomic E-state index is 0.225. The molecule has 0 spiro atoms. The summed E-state index contributed by atoms with van der Waals surface area (Å²) in [6.45, 7) is 12.8. The number of anilines is 1. The first-order valence-electron chi connectivity index (χ1n) is 35.8. The normalized spacial score (nSPS) is 13.3. The van der Waals surface area contributed by atoms with Crippen molar-refractivity contribution >= 4 is 97.4 Å². The van der Waals surface area contributed by atoms with Gasteiger partial charge in [-0.15, -0.1) is 0 Å². The topological polar surface area (TPSA) is 157 Å². The first-order chi connectivity index (χ1) is 53.3. The van der Waals surface area contributed by atoms with E-state index >= 15 is 0 Å². The lowest BCUT2D eigenvalue weighted by molar-refractivity contribution is -0.193. The summed E-state index contributed by atoms with van der Waals surface area (Å²) in [5.74, 6) is 0.169. The van der Waals surface area contributed by atoms with Gasteiger partial charge >= 0.3 is 12.3 Å². The van der Waals surface area contributed by atoms with Crippen LogP contribution in [-0.4, -0.2) is 40.1 Å². The summed E-state index contributed by atoms with van der Waals surface area (Å²) >= 11 is 1.68. The minimum Gasteiger partial charge on any atom is -0.384 e. The Labute approximate surface area is 642 Å². The second-order valence-corrected chi connectivity index (χ2v) is 27.8. The number of nitrogens with zero attached hydrogens (tertiary/aromatic N) is 5. The van der Waals surface area contributed by atoms with Gasteiger partial charge in [0.15, 0.2) is 0 Å². The molecule has 4 aliphatic heterocycles. The van der Waals surface area contributed by atoms with Gasteiger partial charge in [-0.2, -0.15) is 30.5 Å². The summed E-state index contributed by atoms with van der Waals surface area (Å²) < 4.78 is 53.4. The Balaban J connectivity index is 0.000000142. The zero-order valence-corrected chi connectivity index (χ0v) is 62.4. The van der Waals surface area contributed by atoms with Crippen LogP contribution in [0.25, 0.3) is 45.1 Å². The number of aliphatic imine (C=N–C) groups is 4. The van der Waals surface area contributed by atoms with E-state index in [1.54, 1.807) is 72.1 Å². The SMILES string of the molecule is CC(C)Cc1ccc(C2=NC(c3ccc(F)cc3)=C(c3ccc(N)nc3)C2)cc1.Cc1ccc(C2=NC(c3ccc(F)cc3)=C(c3ccc(C)cc3)C2)cc1.Cc1ccc(C2=NC(c3ccc(F)cc3)=C(c3ccccc3)C2)cc1.Cc1ccc(C2=NC(c3ccc(F)cc3)=C(c3ccsc3)C2)cc1.O=C=O.O=C=O. The minimum atomic E-state index is -0.256. The van der Waals surface area contributed by atoms with Crippen LogP contribution in [0, 0.1) is 56.9 Å². The molecule has 15 heteroatoms. The lowest BCUT2D eigenvalue weighted by Gasteiger charge is -2.08. The fraction of sp³-hybridized carbons (Fsp3) is 0.126. The predicted molar refractivity (Wildman–Crippen MR) is 437 cm³/mol. The number of aromatic nitrogens is 1. The Morgan fingerprint density at radius 3 is 0.900 bits per heavy atom. The number of nitrogen functional groups attached to an aromatic ring is 1. The Kier molecular flexibility index (Phi) is 26.6. The number of thiophene rings is 1. The number of allylic oxidation sites excluding steroid dienone is 4. The van der Waals surface area contributed by atoms with Gasteiger partial charge in [0.1, 0.15) is 29.1 Å². The molecule has 2 aromatic heterocycles. The van der Waals surface area contributed by atoms with Gasteiger partial charge in [0.05, 0.1) is 45.6 Å². The second kappa shape index (κ2) is 37.5. The zero-order valence-electron chi connectivity index (χ0n) is 61.6. The van der Waals surface area contributed by atoms with Gasteiger partial charge in [0.25, 0.3) is 0 Å². The standard InChI is InChI=1S/C25H24FN3.C24H20FN.C23H18FN.C21H16FNS.2CO2/c1-16(2)13-17-3-5-18(6-4-17)23-14-22(20-9-12-24(27)28-15-20)25(29-23)19-7-10-21(26)11-8-19;1-16-3-7-18(8-4-16)22-15-23(19-9-5-17(2)6-10-19)26-24(22)20-11-13-21(25)14-12-20;1-16-7-9-18(10-8-16)22-15-21(17-5-3-2-4-6-17)23(25-22)19-11-13-20(24)14-12-19;1-14-2-4-15(5-3-14)20-12-19(17-10-11-24-13-17)21(23-20)16-6-8-18(22)9-7-16;2*2-1-3/h3-12,15-16H,13-14H2,1-2H3,(H2,27,28);3-14H,15H2,1-2H3;2-14H,15H2,1H3;2-11,13H,12H2,1H3;;. The van der Waals surface area contributed by atoms with Crippen LogP contribution in [-0.2, 0) is 25.6 Å². The molecule has 0 radical (unpaired) electrons. The van der Waals surface area contributed by atoms with E-state index in [-0.39, 0.29) is 35.6 Å². The van der Waals surface area contributed by atoms with Crippen LogP contribution in [0.5, 0.6) is 0 Å². The number of hydrogen-bond donors (Lipinski definition) is 1. The molecule has 110 heavy (non-hydrogen) atoms. The third-order valence-electron chi connectivity index (χ3n) is 18.6. The molecule has 10 aromatic carbocycles. The number of hydrogen-bond acceptors (Lipinski definition) is 11. The molecule has 0 amide bonds. The van der Waals surface area contributed by atoms with Crippen molar-refractivity contribution in [2.24, 2.45) is 25.9 Å². The fourth-order valence-electron chi connectivity index (χ4n) is 12.9. The fourth-order valence-corrected chi connectivity index (χ4v) is 13.6. The molecule has 0 fully saturated rings. The molecule has 12 aromatic rings. The second-order valence-electron chi connectivity index (χ2n) is 27.1. The molecule has 10 nitrogen and oxygen atoms in total. The smallest absolute Gasteiger partial charge is 0.373 e. The van der Waals surface area contributed by atoms with E-state index in [1.165, 1.54) is 104 Å². The van der Waals surface area contributed by atoms with Gasteiger partial charge in [-0.3, -0.25) is 20.0 Å². The quantitative estimate of drug-likeness (QED) is 0.107. The average molecular weight is 1480 g/mol. The Morgan fingerprint density at radius 2 is 0.609 bits per heavy atom. The van der Waals surface area contributed by atoms with Crippen molar-refractivity contribution in [1.82, 2.24) is 4.98 Å². The maximum Gasteiger partial charge on any atom is 0.373 e. The van der Waals surface area contributed by atoms with Gasteiger partial charge in [0.2, 0.25) is 0 Å². The number of carbonyl (C=O) groups excluding carboxylic acids is 4. The lowest BCUT2D eigenvalue weighted by atomic mass is 9.95. The molecule has 2 N–H and O–H groups in total. The van der Waals surface area contributed by atoms with Crippen molar-refractivity contribution in [2.75, 3.05) is 5.73 Å². The number of halogens is 4. The van der Waals surface area contributed by atoms with Crippen molar-refractivity contribution in [1.29, 1.82) is 0 Å². The van der Waals surface area contributed by atoms with E-state index in [4.69, 9.17) is 44.9 Å². The van der Waals surface area contributed by atoms with Crippen LogP contribution < -0.4 is 5.73 Å². The molecule has 0 bridgehead atoms. The molecular weight excluding hydrogens is 1400 g/mol. The molecule has 0 atom stereocenters. The van der Waals surface area contributed by atoms with Crippen LogP contribution in [0.4, 0.5) is 23.4 Å². The van der Waals surface area contributed by atoms with Crippen LogP contribution in [0.2, 0.25) is 0 Å². The first kappa shape index (κ1) is 78.1. The number of nitrogens with two attached hydrogens (primary N) is 1. The van der Waals surface area contributed by atoms with Crippen LogP contribution in [0.1, 0.15) is 134 Å². The average Bonchev–Trinajstić information content (AvgIpc) is 1.66. The van der Waals surface area contributed by atoms with Crippen molar-refractivity contribution in [2.45, 2.75) is 73.6 Å². The van der Waals surface area contributed by atoms with Crippen molar-refractivity contribution in [3.8, 4) is 0 Å². The van der Waals surface area contributed by atoms with Gasteiger partial charge in [-0.25, -0.2) is 22.5 Å². The third kappa shape index (κ3) is 20.6. The summed E-state index contributed by atoms with van der Waals surface area (Å²) in [5, 5.41) is 4.22. The Morgan fingerprint density at radius 1 is 0.336 bits per heavy atom. The molecule has 546 valence electrons. The van der Waals surface area contributed by atoms with Gasteiger partial charge in [0, 0.05) is 54.1 Å². The third-order valence-corrected chi connectivity index (χ3v) is 19.3. The van der Waals surface area contributed by atoms with E-state index in [0.717, 1.165) is 133 Å². The number of benzene rings is 10. The van der Waals surface area contributed by atoms with E-state index < -0.39 is 0 Å². The van der Waals surface area contributed by atoms with Gasteiger partial charge < -0.3 is 5.73 Å². The maximum atomic E-state index is 13.4. The number of pyridine rings is 1. The summed E-state index contributed by atoms with van der Waals surface area (Å²) in [4.78, 5) is 56.4. The van der Waals surface area contributed by atoms with E-state index in [9.17, 15) is 17.6 Å². The van der Waals surface area contributed by atoms with Crippen LogP contribution in [0.15, 0.2) is 304 Å². The van der Waals surface area contributed by atoms with Crippen LogP contribution >= 0.6 is 11.3 Å². The molecular formula is C95H78F4N6O4S. The molecule has 0 saturated carbocycles. The molecule has 0 unspecified atom stereocenters. The molecule has 0 saturated heterocycles.